The van der Waals surface area contributed by atoms with Crippen LogP contribution in [0.2, 0.25) is 0 Å². The van der Waals surface area contributed by atoms with Gasteiger partial charge in [-0.2, -0.15) is 0 Å². The molecule has 0 aliphatic carbocycles. The van der Waals surface area contributed by atoms with Crippen LogP contribution in [-0.4, -0.2) is 61.9 Å². The molecule has 6 heteroatoms. The van der Waals surface area contributed by atoms with Gasteiger partial charge in [-0.1, -0.05) is 18.2 Å². The number of nitrogens with zero attached hydrogens (tertiary/aromatic N) is 3. The summed E-state index contributed by atoms with van der Waals surface area (Å²) in [6.45, 7) is 1.99. The molecule has 1 fully saturated rings. The molecule has 0 atom stereocenters. The van der Waals surface area contributed by atoms with E-state index in [1.807, 2.05) is 43.3 Å². The summed E-state index contributed by atoms with van der Waals surface area (Å²) in [5.41, 5.74) is 2.30. The summed E-state index contributed by atoms with van der Waals surface area (Å²) < 4.78 is 13.3. The van der Waals surface area contributed by atoms with Crippen molar-refractivity contribution in [2.24, 2.45) is 0 Å². The first-order valence-corrected chi connectivity index (χ1v) is 9.03. The molecular formula is C21H24FN3O2. The highest BCUT2D eigenvalue weighted by atomic mass is 19.1. The fraction of sp³-hybridized carbons (Fsp3) is 0.333. The molecular weight excluding hydrogens is 345 g/mol. The van der Waals surface area contributed by atoms with Crippen molar-refractivity contribution in [3.63, 3.8) is 0 Å². The maximum absolute atomic E-state index is 13.3. The molecule has 1 aliphatic rings. The van der Waals surface area contributed by atoms with Gasteiger partial charge in [-0.3, -0.25) is 9.59 Å². The van der Waals surface area contributed by atoms with E-state index in [4.69, 9.17) is 0 Å². The van der Waals surface area contributed by atoms with Gasteiger partial charge in [0.05, 0.1) is 6.42 Å². The number of rotatable bonds is 4. The second kappa shape index (κ2) is 8.20. The van der Waals surface area contributed by atoms with Gasteiger partial charge in [0.25, 0.3) is 5.91 Å². The Bertz CT molecular complexity index is 830. The van der Waals surface area contributed by atoms with Gasteiger partial charge in [0.1, 0.15) is 5.82 Å². The van der Waals surface area contributed by atoms with Crippen molar-refractivity contribution in [1.82, 2.24) is 9.80 Å². The summed E-state index contributed by atoms with van der Waals surface area (Å²) in [5, 5.41) is 0. The molecule has 2 aromatic carbocycles. The Kier molecular flexibility index (Phi) is 5.74. The van der Waals surface area contributed by atoms with E-state index >= 15 is 0 Å². The molecule has 0 unspecified atom stereocenters. The Balaban J connectivity index is 1.57. The summed E-state index contributed by atoms with van der Waals surface area (Å²) in [5.74, 6) is -0.395. The molecule has 0 bridgehead atoms. The highest BCUT2D eigenvalue weighted by Gasteiger charge is 2.25. The maximum atomic E-state index is 13.3. The fourth-order valence-corrected chi connectivity index (χ4v) is 3.19. The number of amides is 2. The van der Waals surface area contributed by atoms with Crippen LogP contribution >= 0.6 is 0 Å². The SMILES string of the molecule is CN(C)c1cccc(C(=O)N2CCN(C(=O)Cc3cccc(F)c3)CC2)c1. The molecule has 27 heavy (non-hydrogen) atoms. The van der Waals surface area contributed by atoms with Gasteiger partial charge < -0.3 is 14.7 Å². The number of piperazine rings is 1. The molecule has 142 valence electrons. The van der Waals surface area contributed by atoms with E-state index in [9.17, 15) is 14.0 Å². The monoisotopic (exact) mass is 369 g/mol. The molecule has 2 amide bonds. The molecule has 0 radical (unpaired) electrons. The Morgan fingerprint density at radius 2 is 1.63 bits per heavy atom. The van der Waals surface area contributed by atoms with Crippen LogP contribution in [0.4, 0.5) is 10.1 Å². The zero-order valence-electron chi connectivity index (χ0n) is 15.7. The average Bonchev–Trinajstić information content (AvgIpc) is 2.67. The van der Waals surface area contributed by atoms with E-state index in [-0.39, 0.29) is 24.1 Å². The van der Waals surface area contributed by atoms with Gasteiger partial charge in [0, 0.05) is 51.5 Å². The van der Waals surface area contributed by atoms with Crippen LogP contribution in [0.15, 0.2) is 48.5 Å². The molecule has 0 saturated carbocycles. The van der Waals surface area contributed by atoms with Crippen LogP contribution in [0.5, 0.6) is 0 Å². The number of hydrogen-bond donors (Lipinski definition) is 0. The number of hydrogen-bond acceptors (Lipinski definition) is 3. The summed E-state index contributed by atoms with van der Waals surface area (Å²) in [6.07, 6.45) is 0.177. The quantitative estimate of drug-likeness (QED) is 0.831. The van der Waals surface area contributed by atoms with Crippen molar-refractivity contribution in [2.45, 2.75) is 6.42 Å². The Morgan fingerprint density at radius 3 is 2.30 bits per heavy atom. The molecule has 2 aromatic rings. The smallest absolute Gasteiger partial charge is 0.254 e. The first-order valence-electron chi connectivity index (χ1n) is 9.03. The number of carbonyl (C=O) groups excluding carboxylic acids is 2. The van der Waals surface area contributed by atoms with E-state index in [0.29, 0.717) is 37.3 Å². The van der Waals surface area contributed by atoms with Gasteiger partial charge >= 0.3 is 0 Å². The highest BCUT2D eigenvalue weighted by molar-refractivity contribution is 5.95. The third-order valence-corrected chi connectivity index (χ3v) is 4.77. The zero-order chi connectivity index (χ0) is 19.4. The van der Waals surface area contributed by atoms with Gasteiger partial charge in [-0.05, 0) is 35.9 Å². The minimum absolute atomic E-state index is 0.0177. The van der Waals surface area contributed by atoms with Crippen LogP contribution in [-0.2, 0) is 11.2 Å². The molecule has 3 rings (SSSR count). The zero-order valence-corrected chi connectivity index (χ0v) is 15.7. The van der Waals surface area contributed by atoms with E-state index in [1.54, 1.807) is 21.9 Å². The lowest BCUT2D eigenvalue weighted by Crippen LogP contribution is -2.51. The van der Waals surface area contributed by atoms with Crippen LogP contribution < -0.4 is 4.90 Å². The summed E-state index contributed by atoms with van der Waals surface area (Å²) >= 11 is 0. The lowest BCUT2D eigenvalue weighted by atomic mass is 10.1. The van der Waals surface area contributed by atoms with Gasteiger partial charge in [0.15, 0.2) is 0 Å². The van der Waals surface area contributed by atoms with Gasteiger partial charge in [-0.25, -0.2) is 4.39 Å². The molecule has 5 nitrogen and oxygen atoms in total. The van der Waals surface area contributed by atoms with E-state index in [1.165, 1.54) is 12.1 Å². The molecule has 0 N–H and O–H groups in total. The second-order valence-electron chi connectivity index (χ2n) is 6.92. The van der Waals surface area contributed by atoms with Crippen LogP contribution in [0.3, 0.4) is 0 Å². The van der Waals surface area contributed by atoms with E-state index in [0.717, 1.165) is 5.69 Å². The van der Waals surface area contributed by atoms with Crippen molar-refractivity contribution in [1.29, 1.82) is 0 Å². The third-order valence-electron chi connectivity index (χ3n) is 4.77. The highest BCUT2D eigenvalue weighted by Crippen LogP contribution is 2.16. The fourth-order valence-electron chi connectivity index (χ4n) is 3.19. The normalized spacial score (nSPS) is 14.2. The number of halogens is 1. The largest absolute Gasteiger partial charge is 0.378 e. The maximum Gasteiger partial charge on any atom is 0.254 e. The van der Waals surface area contributed by atoms with Crippen molar-refractivity contribution in [3.05, 3.63) is 65.5 Å². The minimum Gasteiger partial charge on any atom is -0.378 e. The van der Waals surface area contributed by atoms with Crippen molar-refractivity contribution >= 4 is 17.5 Å². The minimum atomic E-state index is -0.337. The predicted molar refractivity (Wildman–Crippen MR) is 103 cm³/mol. The Labute approximate surface area is 159 Å². The molecule has 1 aliphatic heterocycles. The molecule has 1 saturated heterocycles. The lowest BCUT2D eigenvalue weighted by Gasteiger charge is -2.35. The van der Waals surface area contributed by atoms with E-state index in [2.05, 4.69) is 0 Å². The number of benzene rings is 2. The van der Waals surface area contributed by atoms with Crippen molar-refractivity contribution in [3.8, 4) is 0 Å². The number of carbonyl (C=O) groups is 2. The van der Waals surface area contributed by atoms with Crippen molar-refractivity contribution < 1.29 is 14.0 Å². The Morgan fingerprint density at radius 1 is 0.963 bits per heavy atom. The molecule has 0 spiro atoms. The van der Waals surface area contributed by atoms with Crippen LogP contribution in [0.25, 0.3) is 0 Å². The van der Waals surface area contributed by atoms with Crippen LogP contribution in [0.1, 0.15) is 15.9 Å². The van der Waals surface area contributed by atoms with E-state index < -0.39 is 0 Å². The summed E-state index contributed by atoms with van der Waals surface area (Å²) in [7, 11) is 3.87. The Hall–Kier alpha value is -2.89. The van der Waals surface area contributed by atoms with Crippen LogP contribution in [0, 0.1) is 5.82 Å². The lowest BCUT2D eigenvalue weighted by molar-refractivity contribution is -0.131. The second-order valence-corrected chi connectivity index (χ2v) is 6.92. The summed E-state index contributed by atoms with van der Waals surface area (Å²) in [4.78, 5) is 30.7. The number of anilines is 1. The summed E-state index contributed by atoms with van der Waals surface area (Å²) in [6, 6.07) is 13.6. The standard InChI is InChI=1S/C21H24FN3O2/c1-23(2)19-8-4-6-17(15-19)21(27)25-11-9-24(10-12-25)20(26)14-16-5-3-7-18(22)13-16/h3-8,13,15H,9-12,14H2,1-2H3. The first-order chi connectivity index (χ1) is 12.9. The topological polar surface area (TPSA) is 43.9 Å². The van der Waals surface area contributed by atoms with Gasteiger partial charge in [0.2, 0.25) is 5.91 Å². The molecule has 1 heterocycles. The predicted octanol–water partition coefficient (Wildman–Crippen LogP) is 2.42. The third kappa shape index (κ3) is 4.64. The molecule has 0 aromatic heterocycles. The van der Waals surface area contributed by atoms with Gasteiger partial charge in [-0.15, -0.1) is 0 Å². The first kappa shape index (κ1) is 18.9. The van der Waals surface area contributed by atoms with Crippen molar-refractivity contribution in [2.75, 3.05) is 45.2 Å². The average molecular weight is 369 g/mol.